The van der Waals surface area contributed by atoms with Gasteiger partial charge in [-0.3, -0.25) is 0 Å². The third-order valence-corrected chi connectivity index (χ3v) is 4.10. The van der Waals surface area contributed by atoms with Crippen LogP contribution >= 0.6 is 0 Å². The molecule has 0 amide bonds. The molecule has 0 radical (unpaired) electrons. The number of likely N-dealkylation sites (N-methyl/N-ethyl adjacent to an activating group) is 1. The highest BCUT2D eigenvalue weighted by atomic mass is 16.5. The molecule has 0 aromatic carbocycles. The van der Waals surface area contributed by atoms with E-state index in [4.69, 9.17) is 4.74 Å². The lowest BCUT2D eigenvalue weighted by Gasteiger charge is -2.33. The zero-order valence-electron chi connectivity index (χ0n) is 11.1. The predicted molar refractivity (Wildman–Crippen MR) is 71.8 cm³/mol. The average Bonchev–Trinajstić information content (AvgIpc) is 2.79. The second kappa shape index (κ2) is 4.86. The molecule has 3 rings (SSSR count). The van der Waals surface area contributed by atoms with Gasteiger partial charge in [-0.05, 0) is 39.1 Å². The molecule has 2 saturated heterocycles. The number of rotatable bonds is 2. The van der Waals surface area contributed by atoms with Crippen molar-refractivity contribution in [2.75, 3.05) is 32.1 Å². The fourth-order valence-electron chi connectivity index (χ4n) is 3.17. The molecule has 0 saturated carbocycles. The van der Waals surface area contributed by atoms with Crippen LogP contribution in [0.5, 0.6) is 0 Å². The van der Waals surface area contributed by atoms with E-state index in [1.807, 2.05) is 12.3 Å². The van der Waals surface area contributed by atoms with Crippen molar-refractivity contribution in [1.29, 1.82) is 0 Å². The zero-order chi connectivity index (χ0) is 12.5. The Bertz CT molecular complexity index is 395. The molecule has 2 aliphatic rings. The van der Waals surface area contributed by atoms with Gasteiger partial charge in [0.05, 0.1) is 18.2 Å². The van der Waals surface area contributed by atoms with Crippen LogP contribution in [0.2, 0.25) is 0 Å². The van der Waals surface area contributed by atoms with E-state index in [1.165, 1.54) is 6.42 Å². The Balaban J connectivity index is 1.87. The summed E-state index contributed by atoms with van der Waals surface area (Å²) in [5, 5.41) is 0. The Morgan fingerprint density at radius 3 is 3.00 bits per heavy atom. The maximum absolute atomic E-state index is 6.02. The second-order valence-corrected chi connectivity index (χ2v) is 5.42. The van der Waals surface area contributed by atoms with Crippen molar-refractivity contribution in [1.82, 2.24) is 9.88 Å². The fourth-order valence-corrected chi connectivity index (χ4v) is 3.17. The monoisotopic (exact) mass is 247 g/mol. The van der Waals surface area contributed by atoms with Crippen LogP contribution in [0.25, 0.3) is 0 Å². The second-order valence-electron chi connectivity index (χ2n) is 5.42. The normalized spacial score (nSPS) is 31.7. The predicted octanol–water partition coefficient (Wildman–Crippen LogP) is 1.38. The summed E-state index contributed by atoms with van der Waals surface area (Å²) in [6.07, 6.45) is 4.57. The molecule has 1 aromatic rings. The Morgan fingerprint density at radius 1 is 1.39 bits per heavy atom. The van der Waals surface area contributed by atoms with E-state index in [2.05, 4.69) is 41.0 Å². The smallest absolute Gasteiger partial charge is 0.128 e. The third kappa shape index (κ3) is 1.99. The molecule has 1 aromatic heterocycles. The lowest BCUT2D eigenvalue weighted by atomic mass is 10.0. The van der Waals surface area contributed by atoms with Crippen LogP contribution < -0.4 is 4.90 Å². The summed E-state index contributed by atoms with van der Waals surface area (Å²) in [4.78, 5) is 9.21. The van der Waals surface area contributed by atoms with Crippen LogP contribution in [-0.2, 0) is 4.74 Å². The Hall–Kier alpha value is -1.13. The minimum atomic E-state index is 0.329. The van der Waals surface area contributed by atoms with Crippen LogP contribution in [0.1, 0.15) is 12.8 Å². The Labute approximate surface area is 109 Å². The molecule has 3 heterocycles. The van der Waals surface area contributed by atoms with E-state index in [0.29, 0.717) is 18.2 Å². The highest BCUT2D eigenvalue weighted by molar-refractivity contribution is 5.42. The minimum Gasteiger partial charge on any atom is -0.374 e. The lowest BCUT2D eigenvalue weighted by Crippen LogP contribution is -2.45. The van der Waals surface area contributed by atoms with Crippen molar-refractivity contribution >= 4 is 5.82 Å². The van der Waals surface area contributed by atoms with Gasteiger partial charge in [-0.1, -0.05) is 6.07 Å². The zero-order valence-corrected chi connectivity index (χ0v) is 11.1. The van der Waals surface area contributed by atoms with E-state index < -0.39 is 0 Å². The molecule has 0 spiro atoms. The maximum Gasteiger partial charge on any atom is 0.128 e. The van der Waals surface area contributed by atoms with Gasteiger partial charge in [0.25, 0.3) is 0 Å². The summed E-state index contributed by atoms with van der Waals surface area (Å²) in [7, 11) is 4.28. The van der Waals surface area contributed by atoms with Gasteiger partial charge >= 0.3 is 0 Å². The molecule has 0 bridgehead atoms. The van der Waals surface area contributed by atoms with Crippen LogP contribution in [0, 0.1) is 0 Å². The molecule has 3 atom stereocenters. The first-order chi connectivity index (χ1) is 8.77. The van der Waals surface area contributed by atoms with Gasteiger partial charge < -0.3 is 14.5 Å². The summed E-state index contributed by atoms with van der Waals surface area (Å²) in [5.41, 5.74) is 0. The van der Waals surface area contributed by atoms with Crippen molar-refractivity contribution in [3.8, 4) is 0 Å². The Kier molecular flexibility index (Phi) is 3.22. The number of hydrogen-bond donors (Lipinski definition) is 0. The first-order valence-electron chi connectivity index (χ1n) is 6.73. The molecule has 0 unspecified atom stereocenters. The van der Waals surface area contributed by atoms with Crippen LogP contribution in [0.3, 0.4) is 0 Å². The number of anilines is 1. The average molecular weight is 247 g/mol. The van der Waals surface area contributed by atoms with Gasteiger partial charge in [0.2, 0.25) is 0 Å². The van der Waals surface area contributed by atoms with Crippen molar-refractivity contribution in [2.24, 2.45) is 0 Å². The lowest BCUT2D eigenvalue weighted by molar-refractivity contribution is -0.0186. The number of fused-ring (bicyclic) bond motifs is 1. The van der Waals surface area contributed by atoms with Crippen molar-refractivity contribution in [2.45, 2.75) is 31.0 Å². The number of hydrogen-bond acceptors (Lipinski definition) is 4. The van der Waals surface area contributed by atoms with Gasteiger partial charge in [-0.2, -0.15) is 0 Å². The van der Waals surface area contributed by atoms with Gasteiger partial charge in [0.15, 0.2) is 0 Å². The van der Waals surface area contributed by atoms with Crippen molar-refractivity contribution in [3.05, 3.63) is 24.4 Å². The molecule has 2 aliphatic heterocycles. The van der Waals surface area contributed by atoms with Crippen LogP contribution in [0.15, 0.2) is 24.4 Å². The van der Waals surface area contributed by atoms with E-state index >= 15 is 0 Å². The summed E-state index contributed by atoms with van der Waals surface area (Å²) in [6, 6.07) is 7.09. The Morgan fingerprint density at radius 2 is 2.28 bits per heavy atom. The highest BCUT2D eigenvalue weighted by Gasteiger charge is 2.45. The van der Waals surface area contributed by atoms with Crippen LogP contribution in [-0.4, -0.2) is 55.3 Å². The van der Waals surface area contributed by atoms with Crippen molar-refractivity contribution < 1.29 is 4.74 Å². The number of pyridine rings is 1. The largest absolute Gasteiger partial charge is 0.374 e. The molecule has 0 aliphatic carbocycles. The van der Waals surface area contributed by atoms with Crippen LogP contribution in [0.4, 0.5) is 5.82 Å². The summed E-state index contributed by atoms with van der Waals surface area (Å²) >= 11 is 0. The topological polar surface area (TPSA) is 28.6 Å². The van der Waals surface area contributed by atoms with E-state index in [-0.39, 0.29) is 0 Å². The quantitative estimate of drug-likeness (QED) is 0.789. The van der Waals surface area contributed by atoms with Gasteiger partial charge in [0.1, 0.15) is 5.82 Å². The summed E-state index contributed by atoms with van der Waals surface area (Å²) in [6.45, 7) is 1.92. The molecule has 4 heteroatoms. The molecule has 0 N–H and O–H groups in total. The first kappa shape index (κ1) is 11.9. The maximum atomic E-state index is 6.02. The van der Waals surface area contributed by atoms with E-state index in [1.54, 1.807) is 0 Å². The van der Waals surface area contributed by atoms with E-state index in [9.17, 15) is 0 Å². The number of aromatic nitrogens is 1. The van der Waals surface area contributed by atoms with Gasteiger partial charge in [-0.15, -0.1) is 0 Å². The molecule has 18 heavy (non-hydrogen) atoms. The van der Waals surface area contributed by atoms with E-state index in [0.717, 1.165) is 25.4 Å². The molecular weight excluding hydrogens is 226 g/mol. The molecular formula is C14H21N3O. The summed E-state index contributed by atoms with van der Waals surface area (Å²) < 4.78 is 6.02. The molecule has 4 nitrogen and oxygen atoms in total. The summed E-state index contributed by atoms with van der Waals surface area (Å²) in [5.74, 6) is 1.09. The highest BCUT2D eigenvalue weighted by Crippen LogP contribution is 2.33. The molecule has 98 valence electrons. The molecule has 2 fully saturated rings. The minimum absolute atomic E-state index is 0.329. The first-order valence-corrected chi connectivity index (χ1v) is 6.73. The standard InChI is InChI=1S/C14H21N3O/c1-16(2)12-10-17(13-7-3-4-8-15-13)11-6-5-9-18-14(11)12/h3-4,7-8,11-12,14H,5-6,9-10H2,1-2H3/t11-,12-,14+/m1/s1. The van der Waals surface area contributed by atoms with Crippen molar-refractivity contribution in [3.63, 3.8) is 0 Å². The third-order valence-electron chi connectivity index (χ3n) is 4.10. The fraction of sp³-hybridized carbons (Fsp3) is 0.643. The van der Waals surface area contributed by atoms with Gasteiger partial charge in [0, 0.05) is 19.3 Å². The van der Waals surface area contributed by atoms with Gasteiger partial charge in [-0.25, -0.2) is 4.98 Å². The number of nitrogens with zero attached hydrogens (tertiary/aromatic N) is 3. The number of ether oxygens (including phenoxy) is 1. The SMILES string of the molecule is CN(C)[C@@H]1CN(c2ccccn2)[C@@H]2CCCO[C@H]12.